The van der Waals surface area contributed by atoms with Crippen LogP contribution in [-0.2, 0) is 25.6 Å². The maximum absolute atomic E-state index is 13.8. The SMILES string of the molecule is Cc1cc(C2C3=CCC4C(=O)N(CCc5ccc(O)cc5)C(=O)C4C3CC3=C2C(=O)C=C(Br)C3=O)ccc1O. The molecule has 4 atom stereocenters. The number of amides is 2. The minimum atomic E-state index is -0.611. The molecular weight excluding hydrogens is 562 g/mol. The summed E-state index contributed by atoms with van der Waals surface area (Å²) in [4.78, 5) is 55.2. The van der Waals surface area contributed by atoms with Crippen LogP contribution in [0.1, 0.15) is 35.4 Å². The number of phenolic OH excluding ortho intramolecular Hbond substituents is 2. The zero-order chi connectivity index (χ0) is 27.6. The number of hydrogen-bond acceptors (Lipinski definition) is 6. The maximum atomic E-state index is 13.8. The fraction of sp³-hybridized carbons (Fsp3) is 0.290. The Labute approximate surface area is 233 Å². The zero-order valence-electron chi connectivity index (χ0n) is 21.2. The molecule has 2 amide bonds. The van der Waals surface area contributed by atoms with Crippen molar-refractivity contribution >= 4 is 39.3 Å². The second-order valence-corrected chi connectivity index (χ2v) is 11.5. The van der Waals surface area contributed by atoms with Crippen LogP contribution in [0.15, 0.2) is 75.8 Å². The molecule has 1 aliphatic heterocycles. The van der Waals surface area contributed by atoms with E-state index >= 15 is 0 Å². The van der Waals surface area contributed by atoms with Gasteiger partial charge in [-0.2, -0.15) is 0 Å². The largest absolute Gasteiger partial charge is 0.508 e. The summed E-state index contributed by atoms with van der Waals surface area (Å²) in [5, 5.41) is 19.7. The van der Waals surface area contributed by atoms with Gasteiger partial charge < -0.3 is 10.2 Å². The number of hydrogen-bond donors (Lipinski definition) is 2. The molecule has 0 saturated carbocycles. The van der Waals surface area contributed by atoms with Gasteiger partial charge in [-0.3, -0.25) is 24.1 Å². The molecule has 2 aromatic rings. The fourth-order valence-electron chi connectivity index (χ4n) is 6.63. The van der Waals surface area contributed by atoms with E-state index in [2.05, 4.69) is 15.9 Å². The number of Topliss-reactive ketones (excluding diaryl/α,β-unsaturated/α-hetero) is 1. The summed E-state index contributed by atoms with van der Waals surface area (Å²) in [5.74, 6) is -2.75. The van der Waals surface area contributed by atoms with Gasteiger partial charge in [-0.15, -0.1) is 0 Å². The Morgan fingerprint density at radius 2 is 1.72 bits per heavy atom. The number of carbonyl (C=O) groups is 4. The van der Waals surface area contributed by atoms with E-state index in [-0.39, 0.29) is 52.3 Å². The Kier molecular flexibility index (Phi) is 6.18. The Morgan fingerprint density at radius 1 is 0.974 bits per heavy atom. The first-order chi connectivity index (χ1) is 18.7. The molecule has 7 nitrogen and oxygen atoms in total. The van der Waals surface area contributed by atoms with Crippen molar-refractivity contribution in [3.8, 4) is 11.5 Å². The number of halogens is 1. The number of carbonyl (C=O) groups excluding carboxylic acids is 4. The predicted molar refractivity (Wildman–Crippen MR) is 146 cm³/mol. The summed E-state index contributed by atoms with van der Waals surface area (Å²) in [6.45, 7) is 2.01. The number of likely N-dealkylation sites (tertiary alicyclic amines) is 1. The first kappa shape index (κ1) is 25.5. The third kappa shape index (κ3) is 4.09. The summed E-state index contributed by atoms with van der Waals surface area (Å²) in [6, 6.07) is 11.8. The van der Waals surface area contributed by atoms with Gasteiger partial charge in [0.15, 0.2) is 11.6 Å². The quantitative estimate of drug-likeness (QED) is 0.311. The van der Waals surface area contributed by atoms with Gasteiger partial charge in [0.2, 0.25) is 11.8 Å². The van der Waals surface area contributed by atoms with E-state index in [4.69, 9.17) is 0 Å². The van der Waals surface area contributed by atoms with Crippen molar-refractivity contribution in [2.45, 2.75) is 32.1 Å². The summed E-state index contributed by atoms with van der Waals surface area (Å²) >= 11 is 3.24. The number of aromatic hydroxyl groups is 2. The summed E-state index contributed by atoms with van der Waals surface area (Å²) < 4.78 is 0.191. The molecule has 0 bridgehead atoms. The highest BCUT2D eigenvalue weighted by atomic mass is 79.9. The van der Waals surface area contributed by atoms with Crippen molar-refractivity contribution in [1.29, 1.82) is 0 Å². The van der Waals surface area contributed by atoms with Gasteiger partial charge in [-0.05, 0) is 82.9 Å². The third-order valence-electron chi connectivity index (χ3n) is 8.54. The van der Waals surface area contributed by atoms with Gasteiger partial charge in [0.05, 0.1) is 16.3 Å². The van der Waals surface area contributed by atoms with Crippen molar-refractivity contribution in [3.05, 3.63) is 92.5 Å². The molecule has 3 aliphatic carbocycles. The topological polar surface area (TPSA) is 112 Å². The normalized spacial score (nSPS) is 26.3. The Hall–Kier alpha value is -3.78. The molecule has 2 aromatic carbocycles. The molecule has 0 radical (unpaired) electrons. The lowest BCUT2D eigenvalue weighted by atomic mass is 9.59. The molecule has 1 fully saturated rings. The van der Waals surface area contributed by atoms with Crippen LogP contribution in [0.25, 0.3) is 0 Å². The minimum Gasteiger partial charge on any atom is -0.508 e. The van der Waals surface area contributed by atoms with Gasteiger partial charge in [-0.25, -0.2) is 0 Å². The molecule has 4 unspecified atom stereocenters. The van der Waals surface area contributed by atoms with Crippen LogP contribution in [0.5, 0.6) is 11.5 Å². The van der Waals surface area contributed by atoms with Gasteiger partial charge in [0, 0.05) is 29.7 Å². The van der Waals surface area contributed by atoms with Gasteiger partial charge in [-0.1, -0.05) is 35.9 Å². The van der Waals surface area contributed by atoms with E-state index in [1.165, 1.54) is 11.0 Å². The smallest absolute Gasteiger partial charge is 0.233 e. The lowest BCUT2D eigenvalue weighted by molar-refractivity contribution is -0.140. The van der Waals surface area contributed by atoms with Crippen LogP contribution in [0.3, 0.4) is 0 Å². The molecule has 0 spiro atoms. The summed E-state index contributed by atoms with van der Waals surface area (Å²) in [6.07, 6.45) is 4.37. The van der Waals surface area contributed by atoms with Crippen LogP contribution in [0.4, 0.5) is 0 Å². The maximum Gasteiger partial charge on any atom is 0.233 e. The average molecular weight is 588 g/mol. The van der Waals surface area contributed by atoms with Crippen molar-refractivity contribution in [1.82, 2.24) is 4.90 Å². The molecule has 39 heavy (non-hydrogen) atoms. The zero-order valence-corrected chi connectivity index (χ0v) is 22.8. The predicted octanol–water partition coefficient (Wildman–Crippen LogP) is 4.41. The second-order valence-electron chi connectivity index (χ2n) is 10.7. The van der Waals surface area contributed by atoms with Crippen LogP contribution >= 0.6 is 15.9 Å². The number of allylic oxidation sites excluding steroid dienone is 6. The number of fused-ring (bicyclic) bond motifs is 3. The first-order valence-electron chi connectivity index (χ1n) is 13.0. The first-order valence-corrected chi connectivity index (χ1v) is 13.8. The summed E-state index contributed by atoms with van der Waals surface area (Å²) in [7, 11) is 0. The lowest BCUT2D eigenvalue weighted by Crippen LogP contribution is -2.39. The highest BCUT2D eigenvalue weighted by Gasteiger charge is 2.56. The number of benzene rings is 2. The second kappa shape index (κ2) is 9.45. The number of aryl methyl sites for hydroxylation is 1. The molecule has 1 saturated heterocycles. The Morgan fingerprint density at radius 3 is 2.44 bits per heavy atom. The standard InChI is InChI=1S/C31H26BrNO6/c1-15-12-17(4-9-24(15)35)26-19-7-8-20-27(21(19)13-22-28(26)25(36)14-23(32)29(22)37)31(39)33(30(20)38)11-10-16-2-5-18(34)6-3-16/h2-7,9,12,14,20-21,26-27,34-35H,8,10-11,13H2,1H3. The molecule has 4 aliphatic rings. The van der Waals surface area contributed by atoms with Crippen molar-refractivity contribution < 1.29 is 29.4 Å². The molecule has 0 aromatic heterocycles. The van der Waals surface area contributed by atoms with Crippen LogP contribution in [0, 0.1) is 24.7 Å². The number of nitrogens with zero attached hydrogens (tertiary/aromatic N) is 1. The number of rotatable bonds is 4. The van der Waals surface area contributed by atoms with Gasteiger partial charge in [0.25, 0.3) is 0 Å². The minimum absolute atomic E-state index is 0.132. The third-order valence-corrected chi connectivity index (χ3v) is 9.13. The van der Waals surface area contributed by atoms with Gasteiger partial charge >= 0.3 is 0 Å². The van der Waals surface area contributed by atoms with E-state index in [9.17, 15) is 29.4 Å². The number of phenols is 2. The van der Waals surface area contributed by atoms with Crippen molar-refractivity contribution in [2.24, 2.45) is 17.8 Å². The molecule has 8 heteroatoms. The van der Waals surface area contributed by atoms with E-state index in [1.807, 2.05) is 12.1 Å². The molecule has 1 heterocycles. The van der Waals surface area contributed by atoms with Crippen LogP contribution in [0.2, 0.25) is 0 Å². The van der Waals surface area contributed by atoms with E-state index < -0.39 is 23.7 Å². The highest BCUT2D eigenvalue weighted by Crippen LogP contribution is 2.55. The molecule has 2 N–H and O–H groups in total. The fourth-order valence-corrected chi connectivity index (χ4v) is 7.08. The molecule has 6 rings (SSSR count). The molecule has 198 valence electrons. The average Bonchev–Trinajstić information content (AvgIpc) is 3.16. The van der Waals surface area contributed by atoms with E-state index in [1.54, 1.807) is 43.3 Å². The number of ketones is 2. The van der Waals surface area contributed by atoms with Gasteiger partial charge in [0.1, 0.15) is 11.5 Å². The van der Waals surface area contributed by atoms with Crippen LogP contribution in [-0.4, -0.2) is 45.0 Å². The van der Waals surface area contributed by atoms with E-state index in [0.29, 0.717) is 29.6 Å². The van der Waals surface area contributed by atoms with E-state index in [0.717, 1.165) is 16.7 Å². The Balaban J connectivity index is 1.38. The lowest BCUT2D eigenvalue weighted by Gasteiger charge is -2.42. The molecular formula is C31H26BrNO6. The van der Waals surface area contributed by atoms with Crippen LogP contribution < -0.4 is 0 Å². The Bertz CT molecular complexity index is 1550. The monoisotopic (exact) mass is 587 g/mol. The van der Waals surface area contributed by atoms with Crippen molar-refractivity contribution in [2.75, 3.05) is 6.54 Å². The highest BCUT2D eigenvalue weighted by molar-refractivity contribution is 9.12. The van der Waals surface area contributed by atoms with Crippen molar-refractivity contribution in [3.63, 3.8) is 0 Å². The summed E-state index contributed by atoms with van der Waals surface area (Å²) in [5.41, 5.74) is 3.99. The number of imide groups is 1.